The Bertz CT molecular complexity index is 254. The highest BCUT2D eigenvalue weighted by Crippen LogP contribution is 2.31. The molecular formula is C9H9F2I. The van der Waals surface area contributed by atoms with E-state index in [0.29, 0.717) is 0 Å². The molecule has 0 aliphatic carbocycles. The van der Waals surface area contributed by atoms with E-state index < -0.39 is 5.92 Å². The summed E-state index contributed by atoms with van der Waals surface area (Å²) in [6.45, 7) is 1.48. The molecule has 0 saturated heterocycles. The van der Waals surface area contributed by atoms with Crippen molar-refractivity contribution in [3.05, 3.63) is 33.4 Å². The molecule has 1 aromatic carbocycles. The highest BCUT2D eigenvalue weighted by atomic mass is 127. The summed E-state index contributed by atoms with van der Waals surface area (Å²) in [6, 6.07) is 6.34. The monoisotopic (exact) mass is 282 g/mol. The van der Waals surface area contributed by atoms with Crippen LogP contribution < -0.4 is 0 Å². The molecule has 0 aliphatic rings. The van der Waals surface area contributed by atoms with Crippen LogP contribution in [-0.2, 0) is 5.92 Å². The van der Waals surface area contributed by atoms with Crippen molar-refractivity contribution in [2.75, 3.05) is 0 Å². The van der Waals surface area contributed by atoms with Gasteiger partial charge in [-0.1, -0.05) is 19.1 Å². The number of halogens is 3. The van der Waals surface area contributed by atoms with Crippen molar-refractivity contribution in [3.8, 4) is 0 Å². The van der Waals surface area contributed by atoms with Crippen LogP contribution in [0.4, 0.5) is 8.78 Å². The number of rotatable bonds is 2. The van der Waals surface area contributed by atoms with E-state index in [9.17, 15) is 8.78 Å². The first-order chi connectivity index (χ1) is 5.56. The summed E-state index contributed by atoms with van der Waals surface area (Å²) in [7, 11) is 0. The average Bonchev–Trinajstić information content (AvgIpc) is 2.05. The molecule has 0 spiro atoms. The third-order valence-electron chi connectivity index (χ3n) is 1.71. The minimum Gasteiger partial charge on any atom is -0.201 e. The third kappa shape index (κ3) is 2.15. The largest absolute Gasteiger partial charge is 0.273 e. The molecule has 0 atom stereocenters. The van der Waals surface area contributed by atoms with Gasteiger partial charge in [-0.05, 0) is 34.7 Å². The summed E-state index contributed by atoms with van der Waals surface area (Å²) >= 11 is 2.09. The molecule has 0 nitrogen and oxygen atoms in total. The van der Waals surface area contributed by atoms with Crippen molar-refractivity contribution < 1.29 is 8.78 Å². The second kappa shape index (κ2) is 3.68. The molecule has 0 aromatic heterocycles. The maximum Gasteiger partial charge on any atom is 0.273 e. The fraction of sp³-hybridized carbons (Fsp3) is 0.333. The molecular weight excluding hydrogens is 273 g/mol. The van der Waals surface area contributed by atoms with Crippen LogP contribution in [0, 0.1) is 3.57 Å². The summed E-state index contributed by atoms with van der Waals surface area (Å²) in [5.41, 5.74) is 0.102. The molecule has 0 radical (unpaired) electrons. The molecule has 0 fully saturated rings. The van der Waals surface area contributed by atoms with Gasteiger partial charge in [0.25, 0.3) is 5.92 Å². The molecule has 0 N–H and O–H groups in total. The maximum atomic E-state index is 13.0. The number of alkyl halides is 2. The zero-order chi connectivity index (χ0) is 9.19. The molecule has 0 bridgehead atoms. The fourth-order valence-corrected chi connectivity index (χ4v) is 1.26. The van der Waals surface area contributed by atoms with Gasteiger partial charge in [0.2, 0.25) is 0 Å². The average molecular weight is 282 g/mol. The Balaban J connectivity index is 2.96. The van der Waals surface area contributed by atoms with Crippen LogP contribution in [0.3, 0.4) is 0 Å². The van der Waals surface area contributed by atoms with Crippen LogP contribution in [0.5, 0.6) is 0 Å². The number of hydrogen-bond acceptors (Lipinski definition) is 0. The highest BCUT2D eigenvalue weighted by Gasteiger charge is 2.28. The summed E-state index contributed by atoms with van der Waals surface area (Å²) in [5.74, 6) is -2.68. The standard InChI is InChI=1S/C9H9F2I/c1-2-9(10,11)7-3-5-8(12)6-4-7/h3-6H,2H2,1H3. The summed E-state index contributed by atoms with van der Waals surface area (Å²) in [5, 5.41) is 0. The molecule has 0 unspecified atom stereocenters. The van der Waals surface area contributed by atoms with Gasteiger partial charge in [0.15, 0.2) is 0 Å². The van der Waals surface area contributed by atoms with E-state index in [1.807, 2.05) is 0 Å². The molecule has 66 valence electrons. The lowest BCUT2D eigenvalue weighted by molar-refractivity contribution is -0.00829. The van der Waals surface area contributed by atoms with Crippen LogP contribution in [0.2, 0.25) is 0 Å². The van der Waals surface area contributed by atoms with Crippen molar-refractivity contribution in [2.24, 2.45) is 0 Å². The summed E-state index contributed by atoms with van der Waals surface area (Å²) in [6.07, 6.45) is -0.145. The molecule has 0 aliphatic heterocycles. The van der Waals surface area contributed by atoms with Crippen LogP contribution in [0.1, 0.15) is 18.9 Å². The van der Waals surface area contributed by atoms with Crippen LogP contribution in [-0.4, -0.2) is 0 Å². The molecule has 12 heavy (non-hydrogen) atoms. The van der Waals surface area contributed by atoms with Crippen molar-refractivity contribution in [3.63, 3.8) is 0 Å². The Kier molecular flexibility index (Phi) is 3.04. The normalized spacial score (nSPS) is 11.7. The fourth-order valence-electron chi connectivity index (χ4n) is 0.898. The van der Waals surface area contributed by atoms with Crippen molar-refractivity contribution in [2.45, 2.75) is 19.3 Å². The Hall–Kier alpha value is -0.190. The zero-order valence-electron chi connectivity index (χ0n) is 6.65. The molecule has 0 amide bonds. The first-order valence-electron chi connectivity index (χ1n) is 3.70. The van der Waals surface area contributed by atoms with E-state index in [4.69, 9.17) is 0 Å². The minimum atomic E-state index is -2.68. The second-order valence-corrected chi connectivity index (χ2v) is 3.81. The van der Waals surface area contributed by atoms with E-state index in [0.717, 1.165) is 3.57 Å². The lowest BCUT2D eigenvalue weighted by Crippen LogP contribution is -2.10. The number of benzene rings is 1. The smallest absolute Gasteiger partial charge is 0.201 e. The lowest BCUT2D eigenvalue weighted by atomic mass is 10.1. The topological polar surface area (TPSA) is 0 Å². The lowest BCUT2D eigenvalue weighted by Gasteiger charge is -2.13. The third-order valence-corrected chi connectivity index (χ3v) is 2.43. The molecule has 0 heterocycles. The van der Waals surface area contributed by atoms with Crippen LogP contribution >= 0.6 is 22.6 Å². The summed E-state index contributed by atoms with van der Waals surface area (Å²) in [4.78, 5) is 0. The van der Waals surface area contributed by atoms with E-state index in [1.54, 1.807) is 12.1 Å². The molecule has 1 rings (SSSR count). The Morgan fingerprint density at radius 3 is 2.17 bits per heavy atom. The molecule has 3 heteroatoms. The zero-order valence-corrected chi connectivity index (χ0v) is 8.81. The second-order valence-electron chi connectivity index (χ2n) is 2.56. The van der Waals surface area contributed by atoms with Gasteiger partial charge in [-0.15, -0.1) is 0 Å². The van der Waals surface area contributed by atoms with E-state index in [1.165, 1.54) is 19.1 Å². The van der Waals surface area contributed by atoms with Gasteiger partial charge in [-0.2, -0.15) is 0 Å². The van der Waals surface area contributed by atoms with Gasteiger partial charge < -0.3 is 0 Å². The molecule has 0 saturated carbocycles. The van der Waals surface area contributed by atoms with Gasteiger partial charge in [0.05, 0.1) is 0 Å². The van der Waals surface area contributed by atoms with Crippen molar-refractivity contribution in [1.29, 1.82) is 0 Å². The Morgan fingerprint density at radius 2 is 1.75 bits per heavy atom. The Morgan fingerprint density at radius 1 is 1.25 bits per heavy atom. The van der Waals surface area contributed by atoms with Crippen LogP contribution in [0.15, 0.2) is 24.3 Å². The van der Waals surface area contributed by atoms with Gasteiger partial charge in [0, 0.05) is 15.6 Å². The van der Waals surface area contributed by atoms with E-state index >= 15 is 0 Å². The predicted molar refractivity (Wildman–Crippen MR) is 53.3 cm³/mol. The van der Waals surface area contributed by atoms with Crippen molar-refractivity contribution >= 4 is 22.6 Å². The first kappa shape index (κ1) is 9.89. The maximum absolute atomic E-state index is 13.0. The predicted octanol–water partition coefficient (Wildman–Crippen LogP) is 3.79. The quantitative estimate of drug-likeness (QED) is 0.724. The Labute approximate surface area is 84.1 Å². The SMILES string of the molecule is CCC(F)(F)c1ccc(I)cc1. The first-order valence-corrected chi connectivity index (χ1v) is 4.78. The minimum absolute atomic E-state index is 0.102. The molecule has 1 aromatic rings. The van der Waals surface area contributed by atoms with Gasteiger partial charge in [-0.3, -0.25) is 0 Å². The number of hydrogen-bond donors (Lipinski definition) is 0. The highest BCUT2D eigenvalue weighted by molar-refractivity contribution is 14.1. The van der Waals surface area contributed by atoms with Crippen LogP contribution in [0.25, 0.3) is 0 Å². The van der Waals surface area contributed by atoms with Gasteiger partial charge in [-0.25, -0.2) is 8.78 Å². The van der Waals surface area contributed by atoms with Gasteiger partial charge in [0.1, 0.15) is 0 Å². The van der Waals surface area contributed by atoms with Gasteiger partial charge >= 0.3 is 0 Å². The summed E-state index contributed by atoms with van der Waals surface area (Å²) < 4.78 is 27.0. The van der Waals surface area contributed by atoms with Crippen molar-refractivity contribution in [1.82, 2.24) is 0 Å². The van der Waals surface area contributed by atoms with E-state index in [2.05, 4.69) is 22.6 Å². The van der Waals surface area contributed by atoms with E-state index in [-0.39, 0.29) is 12.0 Å².